The van der Waals surface area contributed by atoms with Gasteiger partial charge >= 0.3 is 0 Å². The van der Waals surface area contributed by atoms with Gasteiger partial charge < -0.3 is 9.16 Å². The molecule has 22 heavy (non-hydrogen) atoms. The van der Waals surface area contributed by atoms with E-state index in [4.69, 9.17) is 9.16 Å². The summed E-state index contributed by atoms with van der Waals surface area (Å²) in [5.74, 6) is -0.469. The Bertz CT molecular complexity index is 586. The molecule has 0 heterocycles. The Hall–Kier alpha value is -0.643. The number of ether oxygens (including phenoxy) is 1. The predicted molar refractivity (Wildman–Crippen MR) is 93.8 cm³/mol. The second-order valence-corrected chi connectivity index (χ2v) is 13.0. The van der Waals surface area contributed by atoms with E-state index in [1.165, 1.54) is 41.5 Å². The molecule has 2 aliphatic rings. The highest BCUT2D eigenvalue weighted by atomic mass is 28.4. The number of hydrogen-bond donors (Lipinski definition) is 0. The summed E-state index contributed by atoms with van der Waals surface area (Å²) >= 11 is 0. The molecule has 0 aromatic heterocycles. The molecule has 0 spiro atoms. The monoisotopic (exact) mass is 318 g/mol. The van der Waals surface area contributed by atoms with E-state index in [2.05, 4.69) is 52.9 Å². The molecule has 0 saturated carbocycles. The molecular formula is C19H30O2Si. The zero-order valence-electron chi connectivity index (χ0n) is 15.0. The summed E-state index contributed by atoms with van der Waals surface area (Å²) in [5, 5.41) is 0.199. The van der Waals surface area contributed by atoms with Crippen molar-refractivity contribution in [2.24, 2.45) is 0 Å². The van der Waals surface area contributed by atoms with Gasteiger partial charge in [0.25, 0.3) is 0 Å². The van der Waals surface area contributed by atoms with Gasteiger partial charge in [-0.3, -0.25) is 0 Å². The average molecular weight is 319 g/mol. The summed E-state index contributed by atoms with van der Waals surface area (Å²) in [5.41, 5.74) is 5.86. The molecule has 1 aromatic carbocycles. The van der Waals surface area contributed by atoms with E-state index in [0.29, 0.717) is 6.61 Å². The van der Waals surface area contributed by atoms with E-state index in [-0.39, 0.29) is 5.04 Å². The van der Waals surface area contributed by atoms with E-state index in [1.54, 1.807) is 0 Å². The lowest BCUT2D eigenvalue weighted by Gasteiger charge is -2.51. The summed E-state index contributed by atoms with van der Waals surface area (Å²) in [6, 6.07) is 4.62. The Morgan fingerprint density at radius 1 is 1.14 bits per heavy atom. The van der Waals surface area contributed by atoms with Gasteiger partial charge in [0.05, 0.1) is 0 Å². The largest absolute Gasteiger partial charge is 0.386 e. The highest BCUT2D eigenvalue weighted by Gasteiger charge is 2.53. The molecular weight excluding hydrogens is 288 g/mol. The third-order valence-electron chi connectivity index (χ3n) is 5.78. The van der Waals surface area contributed by atoms with Crippen molar-refractivity contribution in [1.29, 1.82) is 0 Å². The van der Waals surface area contributed by atoms with Crippen LogP contribution in [0.4, 0.5) is 0 Å². The van der Waals surface area contributed by atoms with Gasteiger partial charge in [-0.25, -0.2) is 0 Å². The van der Waals surface area contributed by atoms with Gasteiger partial charge in [0.1, 0.15) is 0 Å². The van der Waals surface area contributed by atoms with Gasteiger partial charge in [0.2, 0.25) is 0 Å². The predicted octanol–water partition coefficient (Wildman–Crippen LogP) is 4.94. The fourth-order valence-electron chi connectivity index (χ4n) is 3.61. The molecule has 0 amide bonds. The quantitative estimate of drug-likeness (QED) is 0.578. The van der Waals surface area contributed by atoms with Crippen LogP contribution in [0.2, 0.25) is 18.1 Å². The number of hydrogen-bond acceptors (Lipinski definition) is 2. The first-order chi connectivity index (χ1) is 10.2. The Morgan fingerprint density at radius 3 is 2.45 bits per heavy atom. The van der Waals surface area contributed by atoms with Crippen LogP contribution in [0.3, 0.4) is 0 Å². The Balaban J connectivity index is 2.01. The van der Waals surface area contributed by atoms with Crippen molar-refractivity contribution in [2.45, 2.75) is 77.3 Å². The van der Waals surface area contributed by atoms with Crippen molar-refractivity contribution in [2.75, 3.05) is 6.61 Å². The second kappa shape index (κ2) is 5.18. The molecule has 0 bridgehead atoms. The maximum atomic E-state index is 6.83. The maximum Gasteiger partial charge on any atom is 0.196 e. The van der Waals surface area contributed by atoms with E-state index in [0.717, 1.165) is 6.42 Å². The summed E-state index contributed by atoms with van der Waals surface area (Å²) in [4.78, 5) is 0. The van der Waals surface area contributed by atoms with Gasteiger partial charge in [-0.15, -0.1) is 0 Å². The van der Waals surface area contributed by atoms with Crippen LogP contribution < -0.4 is 0 Å². The smallest absolute Gasteiger partial charge is 0.196 e. The lowest BCUT2D eigenvalue weighted by atomic mass is 9.77. The molecule has 0 fully saturated rings. The first-order valence-electron chi connectivity index (χ1n) is 8.68. The van der Waals surface area contributed by atoms with Crippen LogP contribution in [0.1, 0.15) is 56.4 Å². The van der Waals surface area contributed by atoms with Gasteiger partial charge in [0.15, 0.2) is 14.1 Å². The molecule has 1 aromatic rings. The van der Waals surface area contributed by atoms with Gasteiger partial charge in [0, 0.05) is 18.6 Å². The topological polar surface area (TPSA) is 18.5 Å². The van der Waals surface area contributed by atoms with Crippen LogP contribution in [0, 0.1) is 0 Å². The van der Waals surface area contributed by atoms with Crippen LogP contribution in [0.5, 0.6) is 0 Å². The third kappa shape index (κ3) is 2.38. The van der Waals surface area contributed by atoms with E-state index >= 15 is 0 Å². The molecule has 3 heteroatoms. The Morgan fingerprint density at radius 2 is 1.82 bits per heavy atom. The van der Waals surface area contributed by atoms with Crippen molar-refractivity contribution >= 4 is 8.32 Å². The molecule has 1 atom stereocenters. The highest BCUT2D eigenvalue weighted by molar-refractivity contribution is 6.74. The normalized spacial score (nSPS) is 23.9. The van der Waals surface area contributed by atoms with Crippen molar-refractivity contribution in [3.63, 3.8) is 0 Å². The first-order valence-corrected chi connectivity index (χ1v) is 11.6. The Labute approximate surface area is 136 Å². The molecule has 2 aliphatic carbocycles. The van der Waals surface area contributed by atoms with Gasteiger partial charge in [-0.2, -0.15) is 0 Å². The molecule has 0 aliphatic heterocycles. The maximum absolute atomic E-state index is 6.83. The Kier molecular flexibility index (Phi) is 3.82. The highest BCUT2D eigenvalue weighted by Crippen LogP contribution is 2.52. The molecule has 3 rings (SSSR count). The fourth-order valence-corrected chi connectivity index (χ4v) is 4.97. The molecule has 0 saturated heterocycles. The zero-order valence-corrected chi connectivity index (χ0v) is 16.0. The van der Waals surface area contributed by atoms with E-state index < -0.39 is 14.1 Å². The van der Waals surface area contributed by atoms with E-state index in [1.807, 2.05) is 0 Å². The summed E-state index contributed by atoms with van der Waals surface area (Å²) in [7, 11) is -1.87. The van der Waals surface area contributed by atoms with Crippen LogP contribution in [-0.2, 0) is 34.2 Å². The van der Waals surface area contributed by atoms with Crippen LogP contribution in [-0.4, -0.2) is 14.9 Å². The molecule has 0 radical (unpaired) electrons. The standard InChI is InChI=1S/C19H30O2Si/c1-7-20-19(21-22(5,6)18(2,3)4)13-15-12-11-14-9-8-10-16(14)17(15)19/h11-12H,7-10,13H2,1-6H3. The SMILES string of the molecule is CCOC1(O[Si](C)(C)C(C)(C)C)Cc2ccc3c(c21)CCC3. The lowest BCUT2D eigenvalue weighted by molar-refractivity contribution is -0.213. The van der Waals surface area contributed by atoms with Crippen LogP contribution in [0.25, 0.3) is 0 Å². The number of fused-ring (bicyclic) bond motifs is 3. The van der Waals surface area contributed by atoms with Gasteiger partial charge in [-0.05, 0) is 61.0 Å². The summed E-state index contributed by atoms with van der Waals surface area (Å²) < 4.78 is 13.1. The molecule has 1 unspecified atom stereocenters. The minimum atomic E-state index is -1.87. The number of aryl methyl sites for hydroxylation is 1. The molecule has 0 N–H and O–H groups in total. The number of benzene rings is 1. The minimum Gasteiger partial charge on any atom is -0.386 e. The average Bonchev–Trinajstić information content (AvgIpc) is 2.81. The first kappa shape index (κ1) is 16.2. The zero-order chi connectivity index (χ0) is 16.2. The summed E-state index contributed by atoms with van der Waals surface area (Å²) in [6.07, 6.45) is 4.59. The van der Waals surface area contributed by atoms with Crippen LogP contribution >= 0.6 is 0 Å². The lowest BCUT2D eigenvalue weighted by Crippen LogP contribution is -2.55. The van der Waals surface area contributed by atoms with Crippen LogP contribution in [0.15, 0.2) is 12.1 Å². The fraction of sp³-hybridized carbons (Fsp3) is 0.684. The molecule has 122 valence electrons. The van der Waals surface area contributed by atoms with E-state index in [9.17, 15) is 0 Å². The van der Waals surface area contributed by atoms with Crippen molar-refractivity contribution in [3.05, 3.63) is 34.4 Å². The minimum absolute atomic E-state index is 0.199. The molecule has 2 nitrogen and oxygen atoms in total. The summed E-state index contributed by atoms with van der Waals surface area (Å²) in [6.45, 7) is 14.3. The van der Waals surface area contributed by atoms with Crippen molar-refractivity contribution in [3.8, 4) is 0 Å². The van der Waals surface area contributed by atoms with Crippen molar-refractivity contribution in [1.82, 2.24) is 0 Å². The van der Waals surface area contributed by atoms with Crippen molar-refractivity contribution < 1.29 is 9.16 Å². The number of rotatable bonds is 4. The second-order valence-electron chi connectivity index (χ2n) is 8.32. The van der Waals surface area contributed by atoms with Gasteiger partial charge in [-0.1, -0.05) is 32.9 Å². The third-order valence-corrected chi connectivity index (χ3v) is 10.2.